The summed E-state index contributed by atoms with van der Waals surface area (Å²) in [6.07, 6.45) is 4.72. The molecule has 2 heterocycles. The molecule has 0 saturated carbocycles. The fourth-order valence-electron chi connectivity index (χ4n) is 3.90. The van der Waals surface area contributed by atoms with Crippen molar-refractivity contribution in [3.05, 3.63) is 23.8 Å². The highest BCUT2D eigenvalue weighted by Gasteiger charge is 2.36. The zero-order valence-corrected chi connectivity index (χ0v) is 14.8. The van der Waals surface area contributed by atoms with Gasteiger partial charge in [-0.2, -0.15) is 0 Å². The van der Waals surface area contributed by atoms with Crippen LogP contribution in [0.15, 0.2) is 18.2 Å². The molecule has 1 amide bonds. The molecule has 5 heteroatoms. The second kappa shape index (κ2) is 7.43. The Balaban J connectivity index is 1.67. The van der Waals surface area contributed by atoms with Gasteiger partial charge >= 0.3 is 0 Å². The normalized spacial score (nSPS) is 20.0. The molecule has 0 unspecified atom stereocenters. The highest BCUT2D eigenvalue weighted by atomic mass is 16.5. The summed E-state index contributed by atoms with van der Waals surface area (Å²) in [5.74, 6) is 1.40. The lowest BCUT2D eigenvalue weighted by Gasteiger charge is -2.44. The number of rotatable bonds is 4. The Labute approximate surface area is 144 Å². The highest BCUT2D eigenvalue weighted by molar-refractivity contribution is 5.95. The number of amides is 1. The average molecular weight is 332 g/mol. The summed E-state index contributed by atoms with van der Waals surface area (Å²) in [6.45, 7) is 6.42. The second-order valence-corrected chi connectivity index (χ2v) is 6.84. The van der Waals surface area contributed by atoms with Gasteiger partial charge in [-0.1, -0.05) is 0 Å². The maximum absolute atomic E-state index is 12.8. The van der Waals surface area contributed by atoms with Crippen molar-refractivity contribution in [2.24, 2.45) is 5.41 Å². The predicted octanol–water partition coefficient (Wildman–Crippen LogP) is 2.70. The van der Waals surface area contributed by atoms with Gasteiger partial charge in [-0.05, 0) is 69.3 Å². The first-order valence-corrected chi connectivity index (χ1v) is 8.98. The topological polar surface area (TPSA) is 50.8 Å². The zero-order valence-electron chi connectivity index (χ0n) is 14.8. The third-order valence-corrected chi connectivity index (χ3v) is 5.49. The van der Waals surface area contributed by atoms with Crippen LogP contribution in [0.2, 0.25) is 0 Å². The van der Waals surface area contributed by atoms with Gasteiger partial charge in [0, 0.05) is 18.7 Å². The van der Waals surface area contributed by atoms with Gasteiger partial charge < -0.3 is 19.7 Å². The third kappa shape index (κ3) is 3.51. The maximum Gasteiger partial charge on any atom is 0.253 e. The van der Waals surface area contributed by atoms with Crippen molar-refractivity contribution in [2.45, 2.75) is 32.6 Å². The summed E-state index contributed by atoms with van der Waals surface area (Å²) in [4.78, 5) is 14.8. The number of methoxy groups -OCH3 is 1. The van der Waals surface area contributed by atoms with Crippen LogP contribution in [0.4, 0.5) is 0 Å². The van der Waals surface area contributed by atoms with Crippen LogP contribution in [-0.4, -0.2) is 50.7 Å². The largest absolute Gasteiger partial charge is 0.493 e. The number of likely N-dealkylation sites (tertiary alicyclic amines) is 1. The standard InChI is InChI=1S/C19H28N2O3/c1-3-24-17-14-15(4-5-16(17)23-2)18(22)21-12-8-19(9-13-21)6-10-20-11-7-19/h4-5,14,20H,3,6-13H2,1-2H3. The number of nitrogens with zero attached hydrogens (tertiary/aromatic N) is 1. The number of carbonyl (C=O) groups excluding carboxylic acids is 1. The number of carbonyl (C=O) groups is 1. The van der Waals surface area contributed by atoms with Crippen LogP contribution < -0.4 is 14.8 Å². The van der Waals surface area contributed by atoms with Crippen LogP contribution in [-0.2, 0) is 0 Å². The van der Waals surface area contributed by atoms with E-state index in [4.69, 9.17) is 9.47 Å². The SMILES string of the molecule is CCOc1cc(C(=O)N2CCC3(CCNCC3)CC2)ccc1OC. The first kappa shape index (κ1) is 17.1. The summed E-state index contributed by atoms with van der Waals surface area (Å²) in [5, 5.41) is 3.44. The van der Waals surface area contributed by atoms with E-state index in [2.05, 4.69) is 5.32 Å². The number of nitrogens with one attached hydrogen (secondary N) is 1. The smallest absolute Gasteiger partial charge is 0.253 e. The number of hydrogen-bond donors (Lipinski definition) is 1. The minimum Gasteiger partial charge on any atom is -0.493 e. The molecule has 0 aliphatic carbocycles. The Hall–Kier alpha value is -1.75. The molecular weight excluding hydrogens is 304 g/mol. The fraction of sp³-hybridized carbons (Fsp3) is 0.632. The van der Waals surface area contributed by atoms with Crippen molar-refractivity contribution in [2.75, 3.05) is 39.9 Å². The van der Waals surface area contributed by atoms with E-state index in [0.717, 1.165) is 39.0 Å². The van der Waals surface area contributed by atoms with Crippen LogP contribution in [0, 0.1) is 5.41 Å². The summed E-state index contributed by atoms with van der Waals surface area (Å²) in [5.41, 5.74) is 1.14. The second-order valence-electron chi connectivity index (χ2n) is 6.84. The number of hydrogen-bond acceptors (Lipinski definition) is 4. The van der Waals surface area contributed by atoms with Gasteiger partial charge in [-0.25, -0.2) is 0 Å². The van der Waals surface area contributed by atoms with Gasteiger partial charge in [0.25, 0.3) is 5.91 Å². The average Bonchev–Trinajstić information content (AvgIpc) is 2.63. The summed E-state index contributed by atoms with van der Waals surface area (Å²) >= 11 is 0. The molecule has 0 bridgehead atoms. The van der Waals surface area contributed by atoms with Crippen LogP contribution in [0.3, 0.4) is 0 Å². The monoisotopic (exact) mass is 332 g/mol. The number of piperidine rings is 2. The van der Waals surface area contributed by atoms with Crippen LogP contribution in [0.25, 0.3) is 0 Å². The van der Waals surface area contributed by atoms with Gasteiger partial charge in [0.05, 0.1) is 13.7 Å². The van der Waals surface area contributed by atoms with Crippen molar-refractivity contribution in [3.63, 3.8) is 0 Å². The summed E-state index contributed by atoms with van der Waals surface area (Å²) in [7, 11) is 1.61. The molecule has 0 atom stereocenters. The maximum atomic E-state index is 12.8. The van der Waals surface area contributed by atoms with Gasteiger partial charge in [0.15, 0.2) is 11.5 Å². The van der Waals surface area contributed by atoms with Crippen molar-refractivity contribution < 1.29 is 14.3 Å². The molecule has 1 aromatic carbocycles. The molecule has 1 aromatic rings. The van der Waals surface area contributed by atoms with E-state index in [9.17, 15) is 4.79 Å². The molecule has 24 heavy (non-hydrogen) atoms. The highest BCUT2D eigenvalue weighted by Crippen LogP contribution is 2.40. The summed E-state index contributed by atoms with van der Waals surface area (Å²) < 4.78 is 10.9. The first-order valence-electron chi connectivity index (χ1n) is 8.98. The van der Waals surface area contributed by atoms with E-state index in [1.807, 2.05) is 24.0 Å². The van der Waals surface area contributed by atoms with Gasteiger partial charge in [0.2, 0.25) is 0 Å². The minimum atomic E-state index is 0.0994. The van der Waals surface area contributed by atoms with E-state index >= 15 is 0 Å². The van der Waals surface area contributed by atoms with Crippen LogP contribution >= 0.6 is 0 Å². The van der Waals surface area contributed by atoms with Crippen molar-refractivity contribution in [1.29, 1.82) is 0 Å². The Morgan fingerprint density at radius 1 is 1.17 bits per heavy atom. The lowest BCUT2D eigenvalue weighted by Crippen LogP contribution is -2.47. The molecular formula is C19H28N2O3. The van der Waals surface area contributed by atoms with E-state index in [-0.39, 0.29) is 5.91 Å². The zero-order chi connectivity index (χ0) is 17.0. The van der Waals surface area contributed by atoms with Crippen LogP contribution in [0.5, 0.6) is 11.5 Å². The van der Waals surface area contributed by atoms with Gasteiger partial charge in [-0.3, -0.25) is 4.79 Å². The Kier molecular flexibility index (Phi) is 5.29. The van der Waals surface area contributed by atoms with Crippen molar-refractivity contribution in [1.82, 2.24) is 10.2 Å². The summed E-state index contributed by atoms with van der Waals surface area (Å²) in [6, 6.07) is 5.45. The van der Waals surface area contributed by atoms with E-state index in [1.165, 1.54) is 12.8 Å². The first-order chi connectivity index (χ1) is 11.7. The lowest BCUT2D eigenvalue weighted by atomic mass is 9.71. The molecule has 5 nitrogen and oxygen atoms in total. The van der Waals surface area contributed by atoms with Gasteiger partial charge in [-0.15, -0.1) is 0 Å². The molecule has 1 spiro atoms. The number of benzene rings is 1. The molecule has 2 saturated heterocycles. The molecule has 2 aliphatic heterocycles. The van der Waals surface area contributed by atoms with Crippen LogP contribution in [0.1, 0.15) is 43.0 Å². The Bertz CT molecular complexity index is 572. The molecule has 0 radical (unpaired) electrons. The minimum absolute atomic E-state index is 0.0994. The quantitative estimate of drug-likeness (QED) is 0.921. The fourth-order valence-corrected chi connectivity index (χ4v) is 3.90. The third-order valence-electron chi connectivity index (χ3n) is 5.49. The van der Waals surface area contributed by atoms with Crippen molar-refractivity contribution >= 4 is 5.91 Å². The predicted molar refractivity (Wildman–Crippen MR) is 93.8 cm³/mol. The lowest BCUT2D eigenvalue weighted by molar-refractivity contribution is 0.0495. The van der Waals surface area contributed by atoms with Crippen molar-refractivity contribution in [3.8, 4) is 11.5 Å². The molecule has 132 valence electrons. The number of ether oxygens (including phenoxy) is 2. The Morgan fingerprint density at radius 2 is 1.88 bits per heavy atom. The Morgan fingerprint density at radius 3 is 2.50 bits per heavy atom. The molecule has 2 aliphatic rings. The molecule has 0 aromatic heterocycles. The van der Waals surface area contributed by atoms with E-state index < -0.39 is 0 Å². The van der Waals surface area contributed by atoms with E-state index in [1.54, 1.807) is 13.2 Å². The van der Waals surface area contributed by atoms with Gasteiger partial charge in [0.1, 0.15) is 0 Å². The molecule has 3 rings (SSSR count). The molecule has 2 fully saturated rings. The molecule has 1 N–H and O–H groups in total. The van der Waals surface area contributed by atoms with E-state index in [0.29, 0.717) is 29.1 Å².